The van der Waals surface area contributed by atoms with Crippen LogP contribution in [0.2, 0.25) is 5.02 Å². The zero-order chi connectivity index (χ0) is 41.0. The van der Waals surface area contributed by atoms with Gasteiger partial charge in [-0.3, -0.25) is 28.5 Å². The highest BCUT2D eigenvalue weighted by Crippen LogP contribution is 2.39. The molecule has 18 nitrogen and oxygen atoms in total. The Bertz CT molecular complexity index is 2210. The van der Waals surface area contributed by atoms with E-state index in [4.69, 9.17) is 40.0 Å². The molecule has 0 radical (unpaired) electrons. The van der Waals surface area contributed by atoms with Crippen LogP contribution in [-0.4, -0.2) is 99.1 Å². The van der Waals surface area contributed by atoms with Gasteiger partial charge >= 0.3 is 29.9 Å². The van der Waals surface area contributed by atoms with Gasteiger partial charge in [-0.2, -0.15) is 10.4 Å². The third kappa shape index (κ3) is 8.69. The van der Waals surface area contributed by atoms with Crippen LogP contribution < -0.4 is 9.64 Å². The van der Waals surface area contributed by atoms with Crippen LogP contribution >= 0.6 is 11.6 Å². The fourth-order valence-corrected chi connectivity index (χ4v) is 7.47. The Morgan fingerprint density at radius 1 is 1.00 bits per heavy atom. The number of anilines is 1. The van der Waals surface area contributed by atoms with Crippen molar-refractivity contribution < 1.29 is 52.4 Å². The van der Waals surface area contributed by atoms with Crippen LogP contribution in [0.5, 0.6) is 5.75 Å². The number of amides is 1. The lowest BCUT2D eigenvalue weighted by atomic mass is 9.96. The van der Waals surface area contributed by atoms with Gasteiger partial charge in [-0.1, -0.05) is 24.4 Å². The molecule has 0 bridgehead atoms. The van der Waals surface area contributed by atoms with Gasteiger partial charge in [-0.05, 0) is 43.0 Å². The highest BCUT2D eigenvalue weighted by Gasteiger charge is 2.56. The second kappa shape index (κ2) is 17.4. The molecule has 1 aliphatic carbocycles. The second-order valence-corrected chi connectivity index (χ2v) is 14.0. The minimum absolute atomic E-state index is 0.0399. The minimum Gasteiger partial charge on any atom is -0.467 e. The zero-order valence-corrected chi connectivity index (χ0v) is 32.5. The van der Waals surface area contributed by atoms with E-state index in [1.165, 1.54) is 47.2 Å². The molecule has 57 heavy (non-hydrogen) atoms. The van der Waals surface area contributed by atoms with E-state index in [9.17, 15) is 29.2 Å². The summed E-state index contributed by atoms with van der Waals surface area (Å²) in [4.78, 5) is 74.1. The highest BCUT2D eigenvalue weighted by molar-refractivity contribution is 6.31. The number of carbonyl (C=O) groups is 5. The summed E-state index contributed by atoms with van der Waals surface area (Å²) in [7, 11) is 2.52. The molecule has 1 amide bonds. The molecule has 6 rings (SSSR count). The number of benzene rings is 1. The standard InChI is InChI=1S/C38H40ClN7O11/c1-20(47)53-31-32(54-21(2)48)34(55-22(3)49)37(57-33(31)36(50)52-5)56-29-11-10-25(39)16-28(29)44(4)38(51)45-15-13-26-30(41-19-42-35(26)45)24-17-43-46(18-24)27(12-14-40)23-8-6-7-9-23/h10-11,13,15-19,23,27,31-34,37H,6-9,12H2,1-5H3/t27-,31+,32+,33+,34-,37-/m1/s1. The summed E-state index contributed by atoms with van der Waals surface area (Å²) in [5.41, 5.74) is 1.61. The Morgan fingerprint density at radius 3 is 2.35 bits per heavy atom. The number of carbonyl (C=O) groups excluding carboxylic acids is 5. The van der Waals surface area contributed by atoms with Gasteiger partial charge in [-0.25, -0.2) is 19.6 Å². The maximum Gasteiger partial charge on any atom is 0.339 e. The molecule has 1 saturated carbocycles. The summed E-state index contributed by atoms with van der Waals surface area (Å²) in [6.07, 6.45) is 2.89. The number of rotatable bonds is 11. The first-order valence-electron chi connectivity index (χ1n) is 18.0. The largest absolute Gasteiger partial charge is 0.467 e. The van der Waals surface area contributed by atoms with Crippen molar-refractivity contribution in [1.29, 1.82) is 5.26 Å². The third-order valence-electron chi connectivity index (χ3n) is 9.79. The van der Waals surface area contributed by atoms with Crippen LogP contribution in [0.3, 0.4) is 0 Å². The Kier molecular flexibility index (Phi) is 12.4. The highest BCUT2D eigenvalue weighted by atomic mass is 35.5. The lowest BCUT2D eigenvalue weighted by molar-refractivity contribution is -0.282. The monoisotopic (exact) mass is 805 g/mol. The Hall–Kier alpha value is -6.06. The molecule has 19 heteroatoms. The summed E-state index contributed by atoms with van der Waals surface area (Å²) >= 11 is 6.42. The molecular formula is C38H40ClN7O11. The van der Waals surface area contributed by atoms with Gasteiger partial charge in [0.15, 0.2) is 24.0 Å². The van der Waals surface area contributed by atoms with Crippen molar-refractivity contribution >= 4 is 58.2 Å². The Morgan fingerprint density at radius 2 is 1.68 bits per heavy atom. The van der Waals surface area contributed by atoms with Gasteiger partial charge in [0.1, 0.15) is 12.1 Å². The number of hydrogen-bond donors (Lipinski definition) is 0. The SMILES string of the molecule is COC(=O)[C@H]1O[C@@H](Oc2ccc(Cl)cc2N(C)C(=O)n2ccc3c(-c4cnn([C@H](CC#N)C5CCCC5)c4)ncnc32)[C@H](OC(C)=O)[C@@H](OC(C)=O)[C@@H]1OC(C)=O. The fourth-order valence-electron chi connectivity index (χ4n) is 7.31. The smallest absolute Gasteiger partial charge is 0.339 e. The van der Waals surface area contributed by atoms with Crippen molar-refractivity contribution in [2.24, 2.45) is 5.92 Å². The molecule has 300 valence electrons. The van der Waals surface area contributed by atoms with E-state index in [1.54, 1.807) is 12.3 Å². The number of hydrogen-bond acceptors (Lipinski definition) is 15. The van der Waals surface area contributed by atoms with Crippen molar-refractivity contribution in [1.82, 2.24) is 24.3 Å². The summed E-state index contributed by atoms with van der Waals surface area (Å²) < 4.78 is 36.4. The van der Waals surface area contributed by atoms with E-state index >= 15 is 0 Å². The number of halogens is 1. The first kappa shape index (κ1) is 40.6. The maximum absolute atomic E-state index is 14.3. The predicted molar refractivity (Wildman–Crippen MR) is 199 cm³/mol. The summed E-state index contributed by atoms with van der Waals surface area (Å²) in [5, 5.41) is 14.9. The number of aromatic nitrogens is 5. The maximum atomic E-state index is 14.3. The molecule has 4 heterocycles. The van der Waals surface area contributed by atoms with Crippen LogP contribution in [0.25, 0.3) is 22.3 Å². The molecule has 1 saturated heterocycles. The van der Waals surface area contributed by atoms with Gasteiger partial charge in [-0.15, -0.1) is 0 Å². The number of ether oxygens (including phenoxy) is 6. The third-order valence-corrected chi connectivity index (χ3v) is 10.0. The van der Waals surface area contributed by atoms with Gasteiger partial charge in [0.2, 0.25) is 12.4 Å². The summed E-state index contributed by atoms with van der Waals surface area (Å²) in [6.45, 7) is 3.22. The van der Waals surface area contributed by atoms with Crippen molar-refractivity contribution in [2.45, 2.75) is 89.6 Å². The van der Waals surface area contributed by atoms with Gasteiger partial charge < -0.3 is 28.4 Å². The molecule has 2 aliphatic rings. The lowest BCUT2D eigenvalue weighted by Gasteiger charge is -2.43. The first-order chi connectivity index (χ1) is 27.3. The van der Waals surface area contributed by atoms with E-state index in [1.807, 2.05) is 10.9 Å². The predicted octanol–water partition coefficient (Wildman–Crippen LogP) is 4.77. The molecule has 2 fully saturated rings. The number of esters is 4. The van der Waals surface area contributed by atoms with E-state index < -0.39 is 60.6 Å². The van der Waals surface area contributed by atoms with Crippen LogP contribution in [0.15, 0.2) is 49.2 Å². The van der Waals surface area contributed by atoms with E-state index in [0.29, 0.717) is 29.0 Å². The van der Waals surface area contributed by atoms with Crippen molar-refractivity contribution in [3.05, 3.63) is 54.2 Å². The normalized spacial score (nSPS) is 21.2. The Labute approximate surface area is 331 Å². The summed E-state index contributed by atoms with van der Waals surface area (Å²) in [6, 6.07) is 7.65. The average Bonchev–Trinajstić information content (AvgIpc) is 3.97. The van der Waals surface area contributed by atoms with Gasteiger partial charge in [0.05, 0.1) is 43.2 Å². The molecule has 4 aromatic rings. The van der Waals surface area contributed by atoms with Crippen molar-refractivity contribution in [3.63, 3.8) is 0 Å². The number of methoxy groups -OCH3 is 1. The van der Waals surface area contributed by atoms with Crippen LogP contribution in [0.4, 0.5) is 10.5 Å². The van der Waals surface area contributed by atoms with Crippen LogP contribution in [0.1, 0.15) is 58.9 Å². The van der Waals surface area contributed by atoms with Crippen molar-refractivity contribution in [3.8, 4) is 23.1 Å². The first-order valence-corrected chi connectivity index (χ1v) is 18.4. The average molecular weight is 806 g/mol. The second-order valence-electron chi connectivity index (χ2n) is 13.6. The number of fused-ring (bicyclic) bond motifs is 1. The fraction of sp³-hybridized carbons (Fsp3) is 0.447. The van der Waals surface area contributed by atoms with E-state index in [0.717, 1.165) is 53.6 Å². The molecule has 3 aromatic heterocycles. The van der Waals surface area contributed by atoms with Crippen LogP contribution in [0, 0.1) is 17.2 Å². The Balaban J connectivity index is 1.32. The van der Waals surface area contributed by atoms with Gasteiger partial charge in [0, 0.05) is 56.2 Å². The van der Waals surface area contributed by atoms with Crippen LogP contribution in [-0.2, 0) is 42.9 Å². The molecule has 1 aliphatic heterocycles. The topological polar surface area (TPSA) is 216 Å². The molecule has 1 aromatic carbocycles. The zero-order valence-electron chi connectivity index (χ0n) is 31.7. The van der Waals surface area contributed by atoms with E-state index in [2.05, 4.69) is 21.1 Å². The molecule has 6 atom stereocenters. The number of nitrogens with zero attached hydrogens (tertiary/aromatic N) is 7. The lowest BCUT2D eigenvalue weighted by Crippen LogP contribution is -2.64. The molecule has 0 unspecified atom stereocenters. The number of nitriles is 1. The quantitative estimate of drug-likeness (QED) is 0.147. The van der Waals surface area contributed by atoms with E-state index in [-0.39, 0.29) is 28.1 Å². The molecule has 0 N–H and O–H groups in total. The van der Waals surface area contributed by atoms with Crippen molar-refractivity contribution in [2.75, 3.05) is 19.1 Å². The summed E-state index contributed by atoms with van der Waals surface area (Å²) in [5.74, 6) is -3.26. The molecular weight excluding hydrogens is 766 g/mol. The molecule has 0 spiro atoms. The minimum atomic E-state index is -1.71. The van der Waals surface area contributed by atoms with Gasteiger partial charge in [0.25, 0.3) is 0 Å².